The number of ether oxygens (including phenoxy) is 1. The number of anilines is 1. The second kappa shape index (κ2) is 6.74. The molecular formula is C14H22N2O3S. The van der Waals surface area contributed by atoms with Gasteiger partial charge in [-0.1, -0.05) is 6.92 Å². The standard InChI is InChI=1S/C14H22N2O3S/c1-5-14(2,3)16-13(17)9-20(18)12-8-10(19-4)6-7-11(12)15/h6-8H,5,9,15H2,1-4H3,(H,16,17). The van der Waals surface area contributed by atoms with Gasteiger partial charge in [-0.15, -0.1) is 0 Å². The summed E-state index contributed by atoms with van der Waals surface area (Å²) in [4.78, 5) is 12.3. The van der Waals surface area contributed by atoms with Crippen molar-refractivity contribution in [1.29, 1.82) is 0 Å². The normalized spacial score (nSPS) is 12.8. The average Bonchev–Trinajstić information content (AvgIpc) is 2.38. The van der Waals surface area contributed by atoms with E-state index in [0.717, 1.165) is 6.42 Å². The van der Waals surface area contributed by atoms with Gasteiger partial charge in [0.15, 0.2) is 0 Å². The number of amides is 1. The van der Waals surface area contributed by atoms with Gasteiger partial charge in [0.1, 0.15) is 11.5 Å². The zero-order valence-corrected chi connectivity index (χ0v) is 13.2. The fourth-order valence-corrected chi connectivity index (χ4v) is 2.58. The fraction of sp³-hybridized carbons (Fsp3) is 0.500. The van der Waals surface area contributed by atoms with Crippen molar-refractivity contribution in [3.8, 4) is 5.75 Å². The van der Waals surface area contributed by atoms with E-state index < -0.39 is 10.8 Å². The summed E-state index contributed by atoms with van der Waals surface area (Å²) >= 11 is 0. The van der Waals surface area contributed by atoms with Gasteiger partial charge in [0, 0.05) is 11.2 Å². The zero-order valence-electron chi connectivity index (χ0n) is 12.4. The lowest BCUT2D eigenvalue weighted by Crippen LogP contribution is -2.44. The van der Waals surface area contributed by atoms with Crippen molar-refractivity contribution in [2.45, 2.75) is 37.6 Å². The molecule has 1 unspecified atom stereocenters. The third-order valence-electron chi connectivity index (χ3n) is 3.09. The van der Waals surface area contributed by atoms with Gasteiger partial charge in [0.05, 0.1) is 22.8 Å². The number of carbonyl (C=O) groups excluding carboxylic acids is 1. The number of hydrogen-bond acceptors (Lipinski definition) is 4. The van der Waals surface area contributed by atoms with Crippen LogP contribution in [0.3, 0.4) is 0 Å². The SMILES string of the molecule is CCC(C)(C)NC(=O)CS(=O)c1cc(OC)ccc1N. The van der Waals surface area contributed by atoms with Crippen LogP contribution >= 0.6 is 0 Å². The van der Waals surface area contributed by atoms with Crippen LogP contribution in [0, 0.1) is 0 Å². The molecule has 0 aliphatic heterocycles. The molecule has 0 aliphatic rings. The van der Waals surface area contributed by atoms with Crippen LogP contribution in [0.4, 0.5) is 5.69 Å². The highest BCUT2D eigenvalue weighted by Crippen LogP contribution is 2.22. The number of benzene rings is 1. The Morgan fingerprint density at radius 3 is 2.65 bits per heavy atom. The molecule has 0 aliphatic carbocycles. The molecule has 1 aromatic carbocycles. The highest BCUT2D eigenvalue weighted by atomic mass is 32.2. The van der Waals surface area contributed by atoms with E-state index in [1.807, 2.05) is 20.8 Å². The van der Waals surface area contributed by atoms with Crippen LogP contribution in [0.5, 0.6) is 5.75 Å². The lowest BCUT2D eigenvalue weighted by Gasteiger charge is -2.24. The summed E-state index contributed by atoms with van der Waals surface area (Å²) in [7, 11) is 0.0318. The maximum Gasteiger partial charge on any atom is 0.233 e. The maximum atomic E-state index is 12.2. The molecule has 5 nitrogen and oxygen atoms in total. The van der Waals surface area contributed by atoms with E-state index in [-0.39, 0.29) is 17.2 Å². The minimum absolute atomic E-state index is 0.110. The molecule has 0 saturated carbocycles. The first-order chi connectivity index (χ1) is 9.29. The summed E-state index contributed by atoms with van der Waals surface area (Å²) < 4.78 is 17.3. The van der Waals surface area contributed by atoms with E-state index in [1.54, 1.807) is 18.2 Å². The largest absolute Gasteiger partial charge is 0.497 e. The number of nitrogen functional groups attached to an aromatic ring is 1. The van der Waals surface area contributed by atoms with Crippen molar-refractivity contribution in [2.75, 3.05) is 18.6 Å². The van der Waals surface area contributed by atoms with Crippen LogP contribution in [0.15, 0.2) is 23.1 Å². The van der Waals surface area contributed by atoms with E-state index in [1.165, 1.54) is 7.11 Å². The second-order valence-electron chi connectivity index (χ2n) is 5.18. The predicted molar refractivity (Wildman–Crippen MR) is 81.2 cm³/mol. The molecule has 0 aromatic heterocycles. The molecule has 0 radical (unpaired) electrons. The van der Waals surface area contributed by atoms with Crippen molar-refractivity contribution in [1.82, 2.24) is 5.32 Å². The molecule has 1 atom stereocenters. The fourth-order valence-electron chi connectivity index (χ4n) is 1.54. The Morgan fingerprint density at radius 2 is 2.10 bits per heavy atom. The van der Waals surface area contributed by atoms with Crippen LogP contribution in [0.1, 0.15) is 27.2 Å². The van der Waals surface area contributed by atoms with Crippen molar-refractivity contribution < 1.29 is 13.7 Å². The number of nitrogens with two attached hydrogens (primary N) is 1. The van der Waals surface area contributed by atoms with E-state index in [4.69, 9.17) is 10.5 Å². The van der Waals surface area contributed by atoms with Gasteiger partial charge in [-0.25, -0.2) is 0 Å². The Labute approximate surface area is 122 Å². The lowest BCUT2D eigenvalue weighted by molar-refractivity contribution is -0.120. The third-order valence-corrected chi connectivity index (χ3v) is 4.46. The first kappa shape index (κ1) is 16.5. The molecule has 3 N–H and O–H groups in total. The summed E-state index contributed by atoms with van der Waals surface area (Å²) in [6.45, 7) is 5.83. The molecule has 0 saturated heterocycles. The molecule has 0 bridgehead atoms. The second-order valence-corrected chi connectivity index (χ2v) is 6.60. The molecule has 6 heteroatoms. The molecule has 112 valence electrons. The number of carbonyl (C=O) groups is 1. The van der Waals surface area contributed by atoms with Crippen LogP contribution < -0.4 is 15.8 Å². The van der Waals surface area contributed by atoms with Gasteiger partial charge in [0.25, 0.3) is 0 Å². The predicted octanol–water partition coefficient (Wildman–Crippen LogP) is 1.69. The van der Waals surface area contributed by atoms with Crippen LogP contribution in [0.25, 0.3) is 0 Å². The molecule has 20 heavy (non-hydrogen) atoms. The average molecular weight is 298 g/mol. The first-order valence-electron chi connectivity index (χ1n) is 6.42. The Bertz CT molecular complexity index is 515. The molecule has 1 rings (SSSR count). The lowest BCUT2D eigenvalue weighted by atomic mass is 10.0. The summed E-state index contributed by atoms with van der Waals surface area (Å²) in [5.41, 5.74) is 5.88. The highest BCUT2D eigenvalue weighted by Gasteiger charge is 2.20. The Hall–Kier alpha value is -1.56. The van der Waals surface area contributed by atoms with Gasteiger partial charge < -0.3 is 15.8 Å². The number of rotatable bonds is 6. The number of methoxy groups -OCH3 is 1. The number of hydrogen-bond donors (Lipinski definition) is 2. The van der Waals surface area contributed by atoms with E-state index in [9.17, 15) is 9.00 Å². The van der Waals surface area contributed by atoms with E-state index in [0.29, 0.717) is 16.3 Å². The van der Waals surface area contributed by atoms with Gasteiger partial charge in [-0.3, -0.25) is 9.00 Å². The molecule has 0 fully saturated rings. The molecule has 1 aromatic rings. The highest BCUT2D eigenvalue weighted by molar-refractivity contribution is 7.86. The summed E-state index contributed by atoms with van der Waals surface area (Å²) in [5.74, 6) is 0.204. The maximum absolute atomic E-state index is 12.2. The quantitative estimate of drug-likeness (QED) is 0.783. The van der Waals surface area contributed by atoms with E-state index >= 15 is 0 Å². The van der Waals surface area contributed by atoms with Gasteiger partial charge >= 0.3 is 0 Å². The van der Waals surface area contributed by atoms with Crippen molar-refractivity contribution in [2.24, 2.45) is 0 Å². The van der Waals surface area contributed by atoms with E-state index in [2.05, 4.69) is 5.32 Å². The van der Waals surface area contributed by atoms with Crippen molar-refractivity contribution in [3.05, 3.63) is 18.2 Å². The summed E-state index contributed by atoms with van der Waals surface area (Å²) in [5, 5.41) is 2.85. The Kier molecular flexibility index (Phi) is 5.56. The van der Waals surface area contributed by atoms with Crippen LogP contribution in [-0.2, 0) is 15.6 Å². The van der Waals surface area contributed by atoms with Crippen molar-refractivity contribution >= 4 is 22.4 Å². The van der Waals surface area contributed by atoms with Crippen molar-refractivity contribution in [3.63, 3.8) is 0 Å². The van der Waals surface area contributed by atoms with Gasteiger partial charge in [-0.05, 0) is 38.5 Å². The van der Waals surface area contributed by atoms with Crippen LogP contribution in [0.2, 0.25) is 0 Å². The first-order valence-corrected chi connectivity index (χ1v) is 7.74. The zero-order chi connectivity index (χ0) is 15.3. The molecule has 0 heterocycles. The molecule has 1 amide bonds. The third kappa shape index (κ3) is 4.52. The van der Waals surface area contributed by atoms with Gasteiger partial charge in [-0.2, -0.15) is 0 Å². The summed E-state index contributed by atoms with van der Waals surface area (Å²) in [6.07, 6.45) is 0.798. The number of nitrogens with one attached hydrogen (secondary N) is 1. The Balaban J connectivity index is 2.79. The smallest absolute Gasteiger partial charge is 0.233 e. The monoisotopic (exact) mass is 298 g/mol. The van der Waals surface area contributed by atoms with Gasteiger partial charge in [0.2, 0.25) is 5.91 Å². The summed E-state index contributed by atoms with van der Waals surface area (Å²) in [6, 6.07) is 4.92. The topological polar surface area (TPSA) is 81.4 Å². The minimum atomic E-state index is -1.49. The Morgan fingerprint density at radius 1 is 1.45 bits per heavy atom. The van der Waals surface area contributed by atoms with Crippen LogP contribution in [-0.4, -0.2) is 28.5 Å². The molecular weight excluding hydrogens is 276 g/mol. The minimum Gasteiger partial charge on any atom is -0.497 e. The molecule has 0 spiro atoms.